The van der Waals surface area contributed by atoms with E-state index in [2.05, 4.69) is 15.1 Å². The van der Waals surface area contributed by atoms with E-state index >= 15 is 0 Å². The standard InChI is InChI=1S/C19H21ClN4O3/c1-14(19(25)21-18-5-3-2-4-17(18)20)22-10-12-23(13-11-22)15-6-8-16(9-7-15)24(26)27/h2-9,14H,10-13H2,1H3,(H,21,25). The Balaban J connectivity index is 1.55. The summed E-state index contributed by atoms with van der Waals surface area (Å²) in [7, 11) is 0. The Morgan fingerprint density at radius 1 is 1.11 bits per heavy atom. The Morgan fingerprint density at radius 3 is 2.33 bits per heavy atom. The summed E-state index contributed by atoms with van der Waals surface area (Å²) in [4.78, 5) is 27.2. The lowest BCUT2D eigenvalue weighted by molar-refractivity contribution is -0.384. The van der Waals surface area contributed by atoms with Crippen LogP contribution in [0.15, 0.2) is 48.5 Å². The second-order valence-corrected chi connectivity index (χ2v) is 6.85. The molecule has 142 valence electrons. The van der Waals surface area contributed by atoms with Crippen LogP contribution < -0.4 is 10.2 Å². The maximum absolute atomic E-state index is 12.5. The molecule has 8 heteroatoms. The van der Waals surface area contributed by atoms with Gasteiger partial charge in [-0.1, -0.05) is 23.7 Å². The minimum atomic E-state index is -0.402. The zero-order chi connectivity index (χ0) is 19.4. The number of nitrogens with one attached hydrogen (secondary N) is 1. The molecule has 0 aromatic heterocycles. The predicted octanol–water partition coefficient (Wildman–Crippen LogP) is 3.40. The van der Waals surface area contributed by atoms with E-state index in [9.17, 15) is 14.9 Å². The molecule has 27 heavy (non-hydrogen) atoms. The summed E-state index contributed by atoms with van der Waals surface area (Å²) in [5, 5.41) is 14.2. The molecular formula is C19H21ClN4O3. The molecule has 1 saturated heterocycles. The third-order valence-corrected chi connectivity index (χ3v) is 5.13. The zero-order valence-corrected chi connectivity index (χ0v) is 15.7. The van der Waals surface area contributed by atoms with Crippen molar-refractivity contribution in [1.29, 1.82) is 0 Å². The van der Waals surface area contributed by atoms with Crippen molar-refractivity contribution in [2.45, 2.75) is 13.0 Å². The lowest BCUT2D eigenvalue weighted by atomic mass is 10.2. The molecule has 1 aliphatic heterocycles. The molecule has 1 atom stereocenters. The number of nitro groups is 1. The second-order valence-electron chi connectivity index (χ2n) is 6.44. The third-order valence-electron chi connectivity index (χ3n) is 4.80. The van der Waals surface area contributed by atoms with E-state index in [1.807, 2.05) is 19.1 Å². The van der Waals surface area contributed by atoms with Crippen LogP contribution in [0, 0.1) is 10.1 Å². The molecule has 2 aromatic rings. The van der Waals surface area contributed by atoms with E-state index in [-0.39, 0.29) is 17.6 Å². The van der Waals surface area contributed by atoms with Crippen molar-refractivity contribution in [3.8, 4) is 0 Å². The van der Waals surface area contributed by atoms with Crippen molar-refractivity contribution in [1.82, 2.24) is 4.90 Å². The first-order chi connectivity index (χ1) is 13.0. The Bertz CT molecular complexity index is 820. The lowest BCUT2D eigenvalue weighted by Crippen LogP contribution is -2.52. The van der Waals surface area contributed by atoms with E-state index in [0.29, 0.717) is 10.7 Å². The van der Waals surface area contributed by atoms with E-state index < -0.39 is 4.92 Å². The Morgan fingerprint density at radius 2 is 1.74 bits per heavy atom. The van der Waals surface area contributed by atoms with Crippen LogP contribution in [0.2, 0.25) is 5.02 Å². The van der Waals surface area contributed by atoms with Crippen LogP contribution in [0.3, 0.4) is 0 Å². The van der Waals surface area contributed by atoms with Crippen molar-refractivity contribution in [3.63, 3.8) is 0 Å². The van der Waals surface area contributed by atoms with Gasteiger partial charge < -0.3 is 10.2 Å². The first kappa shape index (κ1) is 19.1. The fourth-order valence-corrected chi connectivity index (χ4v) is 3.30. The first-order valence-corrected chi connectivity index (χ1v) is 9.12. The molecule has 1 heterocycles. The summed E-state index contributed by atoms with van der Waals surface area (Å²) < 4.78 is 0. The molecule has 1 unspecified atom stereocenters. The van der Waals surface area contributed by atoms with Gasteiger partial charge in [0, 0.05) is 44.0 Å². The van der Waals surface area contributed by atoms with Gasteiger partial charge in [-0.25, -0.2) is 0 Å². The van der Waals surface area contributed by atoms with Gasteiger partial charge in [0.25, 0.3) is 5.69 Å². The van der Waals surface area contributed by atoms with Crippen LogP contribution in [0.1, 0.15) is 6.92 Å². The van der Waals surface area contributed by atoms with Crippen LogP contribution in [0.5, 0.6) is 0 Å². The Hall–Kier alpha value is -2.64. The number of nitrogens with zero attached hydrogens (tertiary/aromatic N) is 3. The minimum Gasteiger partial charge on any atom is -0.369 e. The molecule has 0 saturated carbocycles. The van der Waals surface area contributed by atoms with Gasteiger partial charge in [-0.15, -0.1) is 0 Å². The minimum absolute atomic E-state index is 0.0854. The third kappa shape index (κ3) is 4.56. The summed E-state index contributed by atoms with van der Waals surface area (Å²) in [6, 6.07) is 13.4. The fraction of sp³-hybridized carbons (Fsp3) is 0.316. The average Bonchev–Trinajstić information content (AvgIpc) is 2.69. The number of para-hydroxylation sites is 1. The Labute approximate surface area is 162 Å². The van der Waals surface area contributed by atoms with Crippen molar-refractivity contribution < 1.29 is 9.72 Å². The molecule has 0 radical (unpaired) electrons. The van der Waals surface area contributed by atoms with E-state index in [0.717, 1.165) is 31.9 Å². The molecule has 7 nitrogen and oxygen atoms in total. The normalized spacial score (nSPS) is 16.0. The quantitative estimate of drug-likeness (QED) is 0.627. The number of rotatable bonds is 5. The number of amides is 1. The highest BCUT2D eigenvalue weighted by molar-refractivity contribution is 6.33. The summed E-state index contributed by atoms with van der Waals surface area (Å²) >= 11 is 6.10. The molecule has 2 aromatic carbocycles. The van der Waals surface area contributed by atoms with Gasteiger partial charge in [0.1, 0.15) is 0 Å². The van der Waals surface area contributed by atoms with E-state index in [4.69, 9.17) is 11.6 Å². The van der Waals surface area contributed by atoms with Crippen LogP contribution in [-0.4, -0.2) is 48.0 Å². The number of anilines is 2. The summed E-state index contributed by atoms with van der Waals surface area (Å²) in [6.45, 7) is 4.85. The number of carbonyl (C=O) groups is 1. The highest BCUT2D eigenvalue weighted by Crippen LogP contribution is 2.23. The smallest absolute Gasteiger partial charge is 0.269 e. The molecule has 1 amide bonds. The molecular weight excluding hydrogens is 368 g/mol. The number of carbonyl (C=O) groups excluding carboxylic acids is 1. The van der Waals surface area contributed by atoms with Gasteiger partial charge >= 0.3 is 0 Å². The largest absolute Gasteiger partial charge is 0.369 e. The number of halogens is 1. The number of non-ortho nitro benzene ring substituents is 1. The van der Waals surface area contributed by atoms with Crippen LogP contribution in [0.25, 0.3) is 0 Å². The zero-order valence-electron chi connectivity index (χ0n) is 15.0. The summed E-state index contributed by atoms with van der Waals surface area (Å²) in [5.74, 6) is -0.0908. The van der Waals surface area contributed by atoms with Crippen LogP contribution >= 0.6 is 11.6 Å². The average molecular weight is 389 g/mol. The van der Waals surface area contributed by atoms with Gasteiger partial charge in [-0.3, -0.25) is 19.8 Å². The molecule has 3 rings (SSSR count). The molecule has 0 bridgehead atoms. The summed E-state index contributed by atoms with van der Waals surface area (Å²) in [5.41, 5.74) is 1.65. The SMILES string of the molecule is CC(C(=O)Nc1ccccc1Cl)N1CCN(c2ccc([N+](=O)[O-])cc2)CC1. The van der Waals surface area contributed by atoms with Gasteiger partial charge in [0.15, 0.2) is 0 Å². The first-order valence-electron chi connectivity index (χ1n) is 8.74. The van der Waals surface area contributed by atoms with Gasteiger partial charge in [-0.2, -0.15) is 0 Å². The number of hydrogen-bond donors (Lipinski definition) is 1. The van der Waals surface area contributed by atoms with Gasteiger partial charge in [0.2, 0.25) is 5.91 Å². The van der Waals surface area contributed by atoms with Crippen molar-refractivity contribution in [2.75, 3.05) is 36.4 Å². The predicted molar refractivity (Wildman–Crippen MR) is 106 cm³/mol. The van der Waals surface area contributed by atoms with Crippen molar-refractivity contribution >= 4 is 34.6 Å². The maximum Gasteiger partial charge on any atom is 0.269 e. The van der Waals surface area contributed by atoms with Gasteiger partial charge in [-0.05, 0) is 31.2 Å². The maximum atomic E-state index is 12.5. The van der Waals surface area contributed by atoms with Crippen LogP contribution in [0.4, 0.5) is 17.1 Å². The number of benzene rings is 2. The molecule has 0 spiro atoms. The molecule has 1 N–H and O–H groups in total. The Kier molecular flexibility index (Phi) is 5.93. The fourth-order valence-electron chi connectivity index (χ4n) is 3.12. The highest BCUT2D eigenvalue weighted by atomic mass is 35.5. The van der Waals surface area contributed by atoms with Crippen molar-refractivity contribution in [3.05, 3.63) is 63.7 Å². The van der Waals surface area contributed by atoms with Gasteiger partial charge in [0.05, 0.1) is 21.7 Å². The number of piperazine rings is 1. The number of nitro benzene ring substituents is 1. The highest BCUT2D eigenvalue weighted by Gasteiger charge is 2.26. The summed E-state index contributed by atoms with van der Waals surface area (Å²) in [6.07, 6.45) is 0. The second kappa shape index (κ2) is 8.37. The van der Waals surface area contributed by atoms with E-state index in [1.54, 1.807) is 24.3 Å². The van der Waals surface area contributed by atoms with Crippen molar-refractivity contribution in [2.24, 2.45) is 0 Å². The molecule has 1 aliphatic rings. The number of hydrogen-bond acceptors (Lipinski definition) is 5. The topological polar surface area (TPSA) is 78.7 Å². The molecule has 0 aliphatic carbocycles. The van der Waals surface area contributed by atoms with E-state index in [1.165, 1.54) is 12.1 Å². The van der Waals surface area contributed by atoms with Crippen LogP contribution in [-0.2, 0) is 4.79 Å². The molecule has 1 fully saturated rings. The monoisotopic (exact) mass is 388 g/mol. The lowest BCUT2D eigenvalue weighted by Gasteiger charge is -2.38.